The van der Waals surface area contributed by atoms with E-state index < -0.39 is 0 Å². The van der Waals surface area contributed by atoms with Gasteiger partial charge in [-0.25, -0.2) is 4.79 Å². The van der Waals surface area contributed by atoms with Crippen molar-refractivity contribution in [3.05, 3.63) is 53.6 Å². The molecule has 7 heteroatoms. The van der Waals surface area contributed by atoms with Crippen LogP contribution in [-0.2, 0) is 0 Å². The van der Waals surface area contributed by atoms with Crippen LogP contribution < -0.4 is 25.0 Å². The topological polar surface area (TPSA) is 79.9 Å². The maximum Gasteiger partial charge on any atom is 0.322 e. The summed E-state index contributed by atoms with van der Waals surface area (Å²) < 4.78 is 11.1. The van der Waals surface area contributed by atoms with Crippen molar-refractivity contribution in [2.24, 2.45) is 0 Å². The van der Waals surface area contributed by atoms with Gasteiger partial charge < -0.3 is 20.1 Å². The number of carbonyl (C=O) groups excluding carboxylic acids is 2. The molecule has 2 N–H and O–H groups in total. The summed E-state index contributed by atoms with van der Waals surface area (Å²) in [6.45, 7) is 2.29. The molecular formula is C21H23N3O4. The van der Waals surface area contributed by atoms with Gasteiger partial charge in [-0.1, -0.05) is 18.2 Å². The first-order valence-corrected chi connectivity index (χ1v) is 9.40. The Morgan fingerprint density at radius 1 is 1.32 bits per heavy atom. The second-order valence-electron chi connectivity index (χ2n) is 6.85. The van der Waals surface area contributed by atoms with Crippen LogP contribution in [0.2, 0.25) is 0 Å². The van der Waals surface area contributed by atoms with Crippen molar-refractivity contribution in [2.45, 2.75) is 12.3 Å². The van der Waals surface area contributed by atoms with Crippen molar-refractivity contribution in [1.82, 2.24) is 10.6 Å². The smallest absolute Gasteiger partial charge is 0.322 e. The van der Waals surface area contributed by atoms with Crippen molar-refractivity contribution in [1.29, 1.82) is 0 Å². The third-order valence-electron chi connectivity index (χ3n) is 5.18. The summed E-state index contributed by atoms with van der Waals surface area (Å²) in [5, 5.41) is 5.79. The molecule has 28 heavy (non-hydrogen) atoms. The summed E-state index contributed by atoms with van der Waals surface area (Å²) in [6.07, 6.45) is 0.860. The zero-order valence-corrected chi connectivity index (χ0v) is 15.7. The first kappa shape index (κ1) is 18.2. The van der Waals surface area contributed by atoms with E-state index in [1.807, 2.05) is 24.3 Å². The molecule has 1 atom stereocenters. The first-order valence-electron chi connectivity index (χ1n) is 9.40. The number of para-hydroxylation sites is 1. The molecule has 2 aliphatic rings. The number of nitrogens with one attached hydrogen (secondary N) is 2. The normalized spacial score (nSPS) is 18.1. The predicted octanol–water partition coefficient (Wildman–Crippen LogP) is 2.52. The van der Waals surface area contributed by atoms with Crippen LogP contribution in [-0.4, -0.2) is 45.3 Å². The third kappa shape index (κ3) is 3.47. The summed E-state index contributed by atoms with van der Waals surface area (Å²) in [7, 11) is 1.55. The van der Waals surface area contributed by atoms with E-state index in [2.05, 4.69) is 10.6 Å². The molecule has 0 saturated carbocycles. The zero-order chi connectivity index (χ0) is 19.5. The number of nitrogens with zero attached hydrogens (tertiary/aromatic N) is 1. The van der Waals surface area contributed by atoms with Gasteiger partial charge in [0.05, 0.1) is 19.4 Å². The van der Waals surface area contributed by atoms with Crippen LogP contribution in [0.25, 0.3) is 0 Å². The van der Waals surface area contributed by atoms with Crippen LogP contribution in [0.15, 0.2) is 42.5 Å². The number of anilines is 1. The minimum atomic E-state index is -0.185. The summed E-state index contributed by atoms with van der Waals surface area (Å²) in [5.41, 5.74) is 2.22. The van der Waals surface area contributed by atoms with E-state index in [1.54, 1.807) is 30.2 Å². The number of rotatable bonds is 5. The van der Waals surface area contributed by atoms with Gasteiger partial charge in [0.15, 0.2) is 0 Å². The Balaban J connectivity index is 1.49. The number of ether oxygens (including phenoxy) is 2. The van der Waals surface area contributed by atoms with E-state index in [0.29, 0.717) is 43.2 Å². The summed E-state index contributed by atoms with van der Waals surface area (Å²) >= 11 is 0. The van der Waals surface area contributed by atoms with Crippen LogP contribution in [0.3, 0.4) is 0 Å². The quantitative estimate of drug-likeness (QED) is 0.834. The summed E-state index contributed by atoms with van der Waals surface area (Å²) in [5.74, 6) is 1.50. The Morgan fingerprint density at radius 3 is 2.96 bits per heavy atom. The van der Waals surface area contributed by atoms with E-state index in [1.165, 1.54) is 0 Å². The van der Waals surface area contributed by atoms with Gasteiger partial charge in [-0.3, -0.25) is 9.69 Å². The highest BCUT2D eigenvalue weighted by atomic mass is 16.5. The predicted molar refractivity (Wildman–Crippen MR) is 105 cm³/mol. The molecule has 2 aliphatic heterocycles. The highest BCUT2D eigenvalue weighted by Gasteiger charge is 2.26. The van der Waals surface area contributed by atoms with Gasteiger partial charge in [-0.05, 0) is 36.2 Å². The monoisotopic (exact) mass is 381 g/mol. The van der Waals surface area contributed by atoms with E-state index in [9.17, 15) is 9.59 Å². The molecule has 1 saturated heterocycles. The molecule has 2 aromatic carbocycles. The molecule has 4 rings (SSSR count). The van der Waals surface area contributed by atoms with Crippen molar-refractivity contribution in [3.63, 3.8) is 0 Å². The molecule has 7 nitrogen and oxygen atoms in total. The van der Waals surface area contributed by atoms with Crippen molar-refractivity contribution in [2.75, 3.05) is 38.3 Å². The van der Waals surface area contributed by atoms with Crippen molar-refractivity contribution < 1.29 is 19.1 Å². The van der Waals surface area contributed by atoms with Gasteiger partial charge in [0, 0.05) is 31.1 Å². The average molecular weight is 381 g/mol. The van der Waals surface area contributed by atoms with Crippen LogP contribution in [0.5, 0.6) is 11.5 Å². The Bertz CT molecular complexity index is 899. The Morgan fingerprint density at radius 2 is 2.18 bits per heavy atom. The zero-order valence-electron chi connectivity index (χ0n) is 15.7. The molecule has 0 aromatic heterocycles. The second kappa shape index (κ2) is 7.80. The minimum Gasteiger partial charge on any atom is -0.495 e. The second-order valence-corrected chi connectivity index (χ2v) is 6.85. The molecule has 146 valence electrons. The van der Waals surface area contributed by atoms with Gasteiger partial charge in [-0.2, -0.15) is 0 Å². The van der Waals surface area contributed by atoms with Crippen LogP contribution in [0, 0.1) is 0 Å². The van der Waals surface area contributed by atoms with Gasteiger partial charge in [-0.15, -0.1) is 0 Å². The van der Waals surface area contributed by atoms with E-state index in [4.69, 9.17) is 9.47 Å². The number of benzene rings is 2. The third-order valence-corrected chi connectivity index (χ3v) is 5.18. The molecule has 2 aromatic rings. The minimum absolute atomic E-state index is 0.174. The molecule has 0 aliphatic carbocycles. The maximum atomic E-state index is 12.7. The van der Waals surface area contributed by atoms with Gasteiger partial charge in [0.25, 0.3) is 5.91 Å². The molecule has 3 amide bonds. The van der Waals surface area contributed by atoms with E-state index in [0.717, 1.165) is 17.7 Å². The fourth-order valence-corrected chi connectivity index (χ4v) is 3.69. The summed E-state index contributed by atoms with van der Waals surface area (Å²) in [6, 6.07) is 12.9. The molecule has 0 spiro atoms. The lowest BCUT2D eigenvalue weighted by atomic mass is 9.93. The van der Waals surface area contributed by atoms with Crippen molar-refractivity contribution >= 4 is 17.6 Å². The van der Waals surface area contributed by atoms with Crippen LogP contribution >= 0.6 is 0 Å². The van der Waals surface area contributed by atoms with Crippen molar-refractivity contribution in [3.8, 4) is 11.5 Å². The molecule has 1 fully saturated rings. The molecular weight excluding hydrogens is 358 g/mol. The van der Waals surface area contributed by atoms with Crippen LogP contribution in [0.4, 0.5) is 10.5 Å². The Hall–Kier alpha value is -3.22. The number of carbonyl (C=O) groups is 2. The number of methoxy groups -OCH3 is 1. The number of hydrogen-bond donors (Lipinski definition) is 2. The number of fused-ring (bicyclic) bond motifs is 1. The molecule has 2 heterocycles. The molecule has 0 bridgehead atoms. The summed E-state index contributed by atoms with van der Waals surface area (Å²) in [4.78, 5) is 26.4. The lowest BCUT2D eigenvalue weighted by Crippen LogP contribution is -2.31. The SMILES string of the molecule is COc1ccc(C(=O)NCC2CCOc3ccccc32)cc1N1CCNC1=O. The number of amides is 3. The fourth-order valence-electron chi connectivity index (χ4n) is 3.69. The van der Waals surface area contributed by atoms with Crippen LogP contribution in [0.1, 0.15) is 28.3 Å². The molecule has 1 unspecified atom stereocenters. The van der Waals surface area contributed by atoms with Gasteiger partial charge >= 0.3 is 6.03 Å². The Labute approximate surface area is 163 Å². The molecule has 0 radical (unpaired) electrons. The highest BCUT2D eigenvalue weighted by Crippen LogP contribution is 2.33. The lowest BCUT2D eigenvalue weighted by molar-refractivity contribution is 0.0948. The lowest BCUT2D eigenvalue weighted by Gasteiger charge is -2.26. The highest BCUT2D eigenvalue weighted by molar-refractivity contribution is 5.99. The fraction of sp³-hybridized carbons (Fsp3) is 0.333. The van der Waals surface area contributed by atoms with E-state index in [-0.39, 0.29) is 17.9 Å². The first-order chi connectivity index (χ1) is 13.7. The maximum absolute atomic E-state index is 12.7. The Kier molecular flexibility index (Phi) is 5.06. The number of urea groups is 1. The largest absolute Gasteiger partial charge is 0.495 e. The van der Waals surface area contributed by atoms with E-state index >= 15 is 0 Å². The van der Waals surface area contributed by atoms with Gasteiger partial charge in [0.1, 0.15) is 11.5 Å². The average Bonchev–Trinajstić information content (AvgIpc) is 3.17. The van der Waals surface area contributed by atoms with Gasteiger partial charge in [0.2, 0.25) is 0 Å². The standard InChI is InChI=1S/C21H23N3O4/c1-27-19-7-6-14(12-17(19)24-10-9-22-21(24)26)20(25)23-13-15-8-11-28-18-5-3-2-4-16(15)18/h2-7,12,15H,8-11,13H2,1H3,(H,22,26)(H,23,25). The number of hydrogen-bond acceptors (Lipinski definition) is 4.